The third-order valence-electron chi connectivity index (χ3n) is 7.11. The average molecular weight is 410 g/mol. The number of nitrogens with zero attached hydrogens (tertiary/aromatic N) is 1. The minimum absolute atomic E-state index is 0.0209. The molecule has 4 bridgehead atoms. The van der Waals surface area contributed by atoms with Gasteiger partial charge >= 0.3 is 5.69 Å². The summed E-state index contributed by atoms with van der Waals surface area (Å²) < 4.78 is 11.2. The van der Waals surface area contributed by atoms with E-state index in [0.717, 1.165) is 24.3 Å². The van der Waals surface area contributed by atoms with Gasteiger partial charge in [0.15, 0.2) is 11.5 Å². The number of rotatable bonds is 7. The number of nitrogens with one attached hydrogen (secondary N) is 1. The van der Waals surface area contributed by atoms with Crippen molar-refractivity contribution in [3.05, 3.63) is 58.0 Å². The van der Waals surface area contributed by atoms with Crippen LogP contribution in [0.5, 0.6) is 5.75 Å². The molecule has 0 aliphatic heterocycles. The van der Waals surface area contributed by atoms with Crippen LogP contribution in [0.1, 0.15) is 54.8 Å². The zero-order chi connectivity index (χ0) is 20.7. The number of carbonyl (C=O) groups excluding carboxylic acids is 1. The SMILES string of the molecule is O=C(NCC12CC3CC(CC(C3)C1)C2)c1ccc(COc2ccccc2[N+](=O)[O-])o1. The van der Waals surface area contributed by atoms with Crippen LogP contribution >= 0.6 is 0 Å². The molecule has 1 N–H and O–H groups in total. The molecule has 4 aliphatic rings. The molecule has 1 heterocycles. The van der Waals surface area contributed by atoms with E-state index in [0.29, 0.717) is 5.76 Å². The highest BCUT2D eigenvalue weighted by atomic mass is 16.6. The third-order valence-corrected chi connectivity index (χ3v) is 7.11. The van der Waals surface area contributed by atoms with E-state index in [2.05, 4.69) is 5.32 Å². The summed E-state index contributed by atoms with van der Waals surface area (Å²) in [5.41, 5.74) is 0.174. The van der Waals surface area contributed by atoms with Crippen molar-refractivity contribution in [3.63, 3.8) is 0 Å². The van der Waals surface area contributed by atoms with Crippen LogP contribution < -0.4 is 10.1 Å². The lowest BCUT2D eigenvalue weighted by atomic mass is 9.49. The van der Waals surface area contributed by atoms with E-state index in [1.165, 1.54) is 44.6 Å². The zero-order valence-corrected chi connectivity index (χ0v) is 16.8. The number of furan rings is 1. The van der Waals surface area contributed by atoms with Crippen molar-refractivity contribution in [2.24, 2.45) is 23.2 Å². The molecule has 0 unspecified atom stereocenters. The van der Waals surface area contributed by atoms with Gasteiger partial charge in [-0.15, -0.1) is 0 Å². The molecule has 4 fully saturated rings. The molecule has 1 aromatic heterocycles. The lowest BCUT2D eigenvalue weighted by molar-refractivity contribution is -0.386. The second-order valence-corrected chi connectivity index (χ2v) is 9.38. The molecule has 0 spiro atoms. The lowest BCUT2D eigenvalue weighted by Crippen LogP contribution is -2.51. The van der Waals surface area contributed by atoms with E-state index in [9.17, 15) is 14.9 Å². The minimum atomic E-state index is -0.485. The van der Waals surface area contributed by atoms with Gasteiger partial charge in [0.2, 0.25) is 0 Å². The highest BCUT2D eigenvalue weighted by Crippen LogP contribution is 2.59. The zero-order valence-electron chi connectivity index (χ0n) is 16.8. The second kappa shape index (κ2) is 7.45. The van der Waals surface area contributed by atoms with Gasteiger partial charge in [0.05, 0.1) is 4.92 Å². The van der Waals surface area contributed by atoms with Crippen LogP contribution in [0.2, 0.25) is 0 Å². The number of hydrogen-bond donors (Lipinski definition) is 1. The molecule has 7 nitrogen and oxygen atoms in total. The van der Waals surface area contributed by atoms with Crippen LogP contribution in [0.4, 0.5) is 5.69 Å². The summed E-state index contributed by atoms with van der Waals surface area (Å²) in [5.74, 6) is 3.22. The minimum Gasteiger partial charge on any atom is -0.479 e. The van der Waals surface area contributed by atoms with E-state index < -0.39 is 4.92 Å². The Bertz CT molecular complexity index is 931. The Labute approximate surface area is 174 Å². The summed E-state index contributed by atoms with van der Waals surface area (Å²) in [4.78, 5) is 23.2. The van der Waals surface area contributed by atoms with E-state index in [-0.39, 0.29) is 35.1 Å². The maximum Gasteiger partial charge on any atom is 0.310 e. The first-order valence-corrected chi connectivity index (χ1v) is 10.7. The summed E-state index contributed by atoms with van der Waals surface area (Å²) in [6.07, 6.45) is 7.88. The van der Waals surface area contributed by atoms with Crippen LogP contribution in [0.25, 0.3) is 0 Å². The molecule has 1 amide bonds. The van der Waals surface area contributed by atoms with Crippen LogP contribution in [-0.4, -0.2) is 17.4 Å². The molecule has 30 heavy (non-hydrogen) atoms. The van der Waals surface area contributed by atoms with E-state index >= 15 is 0 Å². The number of nitro benzene ring substituents is 1. The molecule has 6 rings (SSSR count). The first kappa shape index (κ1) is 19.2. The summed E-state index contributed by atoms with van der Waals surface area (Å²) in [6.45, 7) is 0.741. The first-order chi connectivity index (χ1) is 14.5. The van der Waals surface area contributed by atoms with Crippen LogP contribution in [-0.2, 0) is 6.61 Å². The van der Waals surface area contributed by atoms with Gasteiger partial charge in [0.25, 0.3) is 5.91 Å². The topological polar surface area (TPSA) is 94.6 Å². The lowest BCUT2D eigenvalue weighted by Gasteiger charge is -2.56. The van der Waals surface area contributed by atoms with Crippen molar-refractivity contribution < 1.29 is 18.9 Å². The molecule has 2 aromatic rings. The fourth-order valence-electron chi connectivity index (χ4n) is 6.32. The molecular weight excluding hydrogens is 384 g/mol. The van der Waals surface area contributed by atoms with Gasteiger partial charge in [-0.25, -0.2) is 0 Å². The van der Waals surface area contributed by atoms with Crippen molar-refractivity contribution in [3.8, 4) is 5.75 Å². The Morgan fingerprint density at radius 2 is 1.77 bits per heavy atom. The summed E-state index contributed by atoms with van der Waals surface area (Å²) >= 11 is 0. The molecule has 4 aliphatic carbocycles. The van der Waals surface area contributed by atoms with Crippen molar-refractivity contribution >= 4 is 11.6 Å². The number of para-hydroxylation sites is 2. The average Bonchev–Trinajstić information content (AvgIpc) is 3.19. The Morgan fingerprint density at radius 1 is 1.10 bits per heavy atom. The summed E-state index contributed by atoms with van der Waals surface area (Å²) in [6, 6.07) is 9.50. The summed E-state index contributed by atoms with van der Waals surface area (Å²) in [5, 5.41) is 14.2. The van der Waals surface area contributed by atoms with Gasteiger partial charge in [0.1, 0.15) is 12.4 Å². The number of amides is 1. The number of nitro groups is 1. The van der Waals surface area contributed by atoms with Crippen molar-refractivity contribution in [1.82, 2.24) is 5.32 Å². The fraction of sp³-hybridized carbons (Fsp3) is 0.522. The Balaban J connectivity index is 1.18. The predicted molar refractivity (Wildman–Crippen MR) is 109 cm³/mol. The van der Waals surface area contributed by atoms with Gasteiger partial charge in [-0.1, -0.05) is 12.1 Å². The van der Waals surface area contributed by atoms with Gasteiger partial charge in [0, 0.05) is 12.6 Å². The largest absolute Gasteiger partial charge is 0.479 e. The van der Waals surface area contributed by atoms with Crippen molar-refractivity contribution in [2.75, 3.05) is 6.54 Å². The maximum atomic E-state index is 12.6. The van der Waals surface area contributed by atoms with Crippen LogP contribution in [0, 0.1) is 33.3 Å². The Kier molecular flexibility index (Phi) is 4.76. The van der Waals surface area contributed by atoms with Crippen molar-refractivity contribution in [1.29, 1.82) is 0 Å². The molecule has 4 saturated carbocycles. The molecule has 7 heteroatoms. The highest BCUT2D eigenvalue weighted by Gasteiger charge is 2.50. The van der Waals surface area contributed by atoms with Gasteiger partial charge in [-0.3, -0.25) is 14.9 Å². The molecule has 1 aromatic carbocycles. The monoisotopic (exact) mass is 410 g/mol. The van der Waals surface area contributed by atoms with E-state index in [1.54, 1.807) is 30.3 Å². The Morgan fingerprint density at radius 3 is 2.43 bits per heavy atom. The standard InChI is InChI=1S/C23H26N2O5/c26-22(24-14-23-10-15-7-16(11-23)9-17(8-15)12-23)21-6-5-18(30-21)13-29-20-4-2-1-3-19(20)25(27)28/h1-6,15-17H,7-14H2,(H,24,26). The fourth-order valence-corrected chi connectivity index (χ4v) is 6.32. The highest BCUT2D eigenvalue weighted by molar-refractivity contribution is 5.91. The summed E-state index contributed by atoms with van der Waals surface area (Å²) in [7, 11) is 0. The number of hydrogen-bond acceptors (Lipinski definition) is 5. The predicted octanol–water partition coefficient (Wildman–Crippen LogP) is 4.71. The number of carbonyl (C=O) groups is 1. The van der Waals surface area contributed by atoms with E-state index in [4.69, 9.17) is 9.15 Å². The van der Waals surface area contributed by atoms with Crippen LogP contribution in [0.3, 0.4) is 0 Å². The number of benzene rings is 1. The normalized spacial score (nSPS) is 29.0. The van der Waals surface area contributed by atoms with Gasteiger partial charge in [-0.05, 0) is 79.9 Å². The van der Waals surface area contributed by atoms with E-state index in [1.807, 2.05) is 0 Å². The molecule has 0 atom stereocenters. The number of ether oxygens (including phenoxy) is 1. The maximum absolute atomic E-state index is 12.6. The molecule has 0 radical (unpaired) electrons. The smallest absolute Gasteiger partial charge is 0.310 e. The second-order valence-electron chi connectivity index (χ2n) is 9.38. The van der Waals surface area contributed by atoms with Crippen LogP contribution in [0.15, 0.2) is 40.8 Å². The van der Waals surface area contributed by atoms with Gasteiger partial charge < -0.3 is 14.5 Å². The quantitative estimate of drug-likeness (QED) is 0.527. The molecular formula is C23H26N2O5. The Hall–Kier alpha value is -2.83. The third kappa shape index (κ3) is 3.68. The molecule has 0 saturated heterocycles. The first-order valence-electron chi connectivity index (χ1n) is 10.7. The van der Waals surface area contributed by atoms with Gasteiger partial charge in [-0.2, -0.15) is 0 Å². The molecule has 158 valence electrons. The van der Waals surface area contributed by atoms with Crippen molar-refractivity contribution in [2.45, 2.75) is 45.1 Å².